The molecule has 0 bridgehead atoms. The van der Waals surface area contributed by atoms with Crippen molar-refractivity contribution in [3.8, 4) is 11.5 Å². The summed E-state index contributed by atoms with van der Waals surface area (Å²) in [5.41, 5.74) is 0.796. The van der Waals surface area contributed by atoms with Crippen LogP contribution in [0.5, 0.6) is 11.5 Å². The SMILES string of the molecule is COc1ccc(NC(=S)N[C@@H](C)COc2ccccc2)cc1Cl. The van der Waals surface area contributed by atoms with Gasteiger partial charge in [-0.2, -0.15) is 0 Å². The fourth-order valence-electron chi connectivity index (χ4n) is 1.91. The molecule has 6 heteroatoms. The first kappa shape index (κ1) is 17.4. The topological polar surface area (TPSA) is 42.5 Å². The van der Waals surface area contributed by atoms with Crippen molar-refractivity contribution < 1.29 is 9.47 Å². The molecule has 0 aliphatic rings. The Morgan fingerprint density at radius 2 is 1.96 bits per heavy atom. The van der Waals surface area contributed by atoms with Gasteiger partial charge >= 0.3 is 0 Å². The lowest BCUT2D eigenvalue weighted by atomic mass is 10.3. The largest absolute Gasteiger partial charge is 0.495 e. The molecule has 2 rings (SSSR count). The van der Waals surface area contributed by atoms with Gasteiger partial charge in [0.15, 0.2) is 5.11 Å². The van der Waals surface area contributed by atoms with E-state index in [2.05, 4.69) is 10.6 Å². The van der Waals surface area contributed by atoms with Crippen molar-refractivity contribution in [1.82, 2.24) is 5.32 Å². The molecule has 0 aliphatic heterocycles. The molecule has 122 valence electrons. The highest BCUT2D eigenvalue weighted by Gasteiger charge is 2.07. The highest BCUT2D eigenvalue weighted by molar-refractivity contribution is 7.80. The van der Waals surface area contributed by atoms with Gasteiger partial charge < -0.3 is 20.1 Å². The molecule has 0 radical (unpaired) electrons. The summed E-state index contributed by atoms with van der Waals surface area (Å²) in [4.78, 5) is 0. The van der Waals surface area contributed by atoms with Crippen molar-refractivity contribution in [2.45, 2.75) is 13.0 Å². The van der Waals surface area contributed by atoms with E-state index >= 15 is 0 Å². The van der Waals surface area contributed by atoms with E-state index < -0.39 is 0 Å². The standard InChI is InChI=1S/C17H19ClN2O2S/c1-12(11-22-14-6-4-3-5-7-14)19-17(23)20-13-8-9-16(21-2)15(18)10-13/h3-10,12H,11H2,1-2H3,(H2,19,20,23)/t12-/m0/s1. The minimum absolute atomic E-state index is 0.0592. The molecule has 2 N–H and O–H groups in total. The van der Waals surface area contributed by atoms with Crippen LogP contribution in [-0.4, -0.2) is 24.9 Å². The van der Waals surface area contributed by atoms with Gasteiger partial charge in [0.25, 0.3) is 0 Å². The van der Waals surface area contributed by atoms with Crippen LogP contribution in [0.25, 0.3) is 0 Å². The van der Waals surface area contributed by atoms with Gasteiger partial charge in [-0.25, -0.2) is 0 Å². The zero-order valence-corrected chi connectivity index (χ0v) is 14.6. The van der Waals surface area contributed by atoms with Gasteiger partial charge in [-0.1, -0.05) is 29.8 Å². The Balaban J connectivity index is 1.80. The molecule has 0 aromatic heterocycles. The number of hydrogen-bond donors (Lipinski definition) is 2. The first-order chi connectivity index (χ1) is 11.1. The van der Waals surface area contributed by atoms with Crippen LogP contribution in [0, 0.1) is 0 Å². The Morgan fingerprint density at radius 1 is 1.22 bits per heavy atom. The lowest BCUT2D eigenvalue weighted by molar-refractivity contribution is 0.287. The number of thiocarbonyl (C=S) groups is 1. The third kappa shape index (κ3) is 5.62. The van der Waals surface area contributed by atoms with Gasteiger partial charge in [-0.05, 0) is 49.5 Å². The van der Waals surface area contributed by atoms with E-state index in [1.165, 1.54) is 0 Å². The molecule has 0 saturated carbocycles. The highest BCUT2D eigenvalue weighted by Crippen LogP contribution is 2.27. The minimum Gasteiger partial charge on any atom is -0.495 e. The number of para-hydroxylation sites is 1. The van der Waals surface area contributed by atoms with Crippen LogP contribution < -0.4 is 20.1 Å². The van der Waals surface area contributed by atoms with E-state index in [1.807, 2.05) is 43.3 Å². The molecule has 0 saturated heterocycles. The Bertz CT molecular complexity index is 652. The third-order valence-corrected chi connectivity index (χ3v) is 3.55. The van der Waals surface area contributed by atoms with Crippen molar-refractivity contribution in [1.29, 1.82) is 0 Å². The van der Waals surface area contributed by atoms with Crippen molar-refractivity contribution in [3.05, 3.63) is 53.6 Å². The maximum absolute atomic E-state index is 6.09. The van der Waals surface area contributed by atoms with Crippen molar-refractivity contribution in [2.24, 2.45) is 0 Å². The van der Waals surface area contributed by atoms with Gasteiger partial charge in [-0.3, -0.25) is 0 Å². The molecule has 0 heterocycles. The molecule has 1 atom stereocenters. The maximum atomic E-state index is 6.09. The van der Waals surface area contributed by atoms with Gasteiger partial charge in [-0.15, -0.1) is 0 Å². The first-order valence-electron chi connectivity index (χ1n) is 7.17. The van der Waals surface area contributed by atoms with E-state index in [1.54, 1.807) is 19.2 Å². The van der Waals surface area contributed by atoms with Gasteiger partial charge in [0.05, 0.1) is 18.2 Å². The number of halogens is 1. The summed E-state index contributed by atoms with van der Waals surface area (Å²) in [5, 5.41) is 7.29. The second-order valence-corrected chi connectivity index (χ2v) is 5.79. The fraction of sp³-hybridized carbons (Fsp3) is 0.235. The first-order valence-corrected chi connectivity index (χ1v) is 7.96. The van der Waals surface area contributed by atoms with Crippen LogP contribution in [0.2, 0.25) is 5.02 Å². The molecule has 23 heavy (non-hydrogen) atoms. The predicted molar refractivity (Wildman–Crippen MR) is 98.8 cm³/mol. The molecule has 2 aromatic carbocycles. The Kier molecular flexibility index (Phi) is 6.50. The zero-order chi connectivity index (χ0) is 16.7. The van der Waals surface area contributed by atoms with Crippen LogP contribution in [0.3, 0.4) is 0 Å². The summed E-state index contributed by atoms with van der Waals surface area (Å²) in [6.45, 7) is 2.51. The van der Waals surface area contributed by atoms with E-state index in [0.717, 1.165) is 11.4 Å². The molecular formula is C17H19ClN2O2S. The number of hydrogen-bond acceptors (Lipinski definition) is 3. The number of ether oxygens (including phenoxy) is 2. The van der Waals surface area contributed by atoms with Crippen LogP contribution in [0.15, 0.2) is 48.5 Å². The second kappa shape index (κ2) is 8.60. The summed E-state index contributed by atoms with van der Waals surface area (Å²) in [6, 6.07) is 15.1. The second-order valence-electron chi connectivity index (χ2n) is 4.97. The van der Waals surface area contributed by atoms with E-state index in [-0.39, 0.29) is 6.04 Å². The fourth-order valence-corrected chi connectivity index (χ4v) is 2.49. The maximum Gasteiger partial charge on any atom is 0.171 e. The molecule has 0 spiro atoms. The number of methoxy groups -OCH3 is 1. The van der Waals surface area contributed by atoms with Crippen LogP contribution in [-0.2, 0) is 0 Å². The monoisotopic (exact) mass is 350 g/mol. The van der Waals surface area contributed by atoms with Crippen molar-refractivity contribution >= 4 is 34.6 Å². The lowest BCUT2D eigenvalue weighted by Gasteiger charge is -2.18. The third-order valence-electron chi connectivity index (χ3n) is 3.03. The molecule has 0 unspecified atom stereocenters. The molecule has 0 fully saturated rings. The summed E-state index contributed by atoms with van der Waals surface area (Å²) < 4.78 is 10.8. The number of anilines is 1. The van der Waals surface area contributed by atoms with Crippen LogP contribution in [0.4, 0.5) is 5.69 Å². The summed E-state index contributed by atoms with van der Waals surface area (Å²) in [7, 11) is 1.58. The average Bonchev–Trinajstić information content (AvgIpc) is 2.54. The predicted octanol–water partition coefficient (Wildman–Crippen LogP) is 4.10. The molecule has 0 amide bonds. The summed E-state index contributed by atoms with van der Waals surface area (Å²) in [6.07, 6.45) is 0. The number of rotatable bonds is 6. The van der Waals surface area contributed by atoms with Gasteiger partial charge in [0.1, 0.15) is 18.1 Å². The zero-order valence-electron chi connectivity index (χ0n) is 13.0. The highest BCUT2D eigenvalue weighted by atomic mass is 35.5. The van der Waals surface area contributed by atoms with Crippen molar-refractivity contribution in [2.75, 3.05) is 19.0 Å². The Labute approximate surface area is 146 Å². The minimum atomic E-state index is 0.0592. The van der Waals surface area contributed by atoms with Gasteiger partial charge in [0, 0.05) is 5.69 Å². The molecule has 4 nitrogen and oxygen atoms in total. The molecule has 2 aromatic rings. The lowest BCUT2D eigenvalue weighted by Crippen LogP contribution is -2.39. The Hall–Kier alpha value is -1.98. The number of nitrogens with one attached hydrogen (secondary N) is 2. The van der Waals surface area contributed by atoms with E-state index in [4.69, 9.17) is 33.3 Å². The van der Waals surface area contributed by atoms with Gasteiger partial charge in [0.2, 0.25) is 0 Å². The van der Waals surface area contributed by atoms with Crippen molar-refractivity contribution in [3.63, 3.8) is 0 Å². The Morgan fingerprint density at radius 3 is 2.61 bits per heavy atom. The quantitative estimate of drug-likeness (QED) is 0.768. The molecular weight excluding hydrogens is 332 g/mol. The smallest absolute Gasteiger partial charge is 0.171 e. The van der Waals surface area contributed by atoms with Crippen LogP contribution in [0.1, 0.15) is 6.92 Å². The normalized spacial score (nSPS) is 11.4. The summed E-state index contributed by atoms with van der Waals surface area (Å²) in [5.74, 6) is 1.46. The van der Waals surface area contributed by atoms with E-state index in [0.29, 0.717) is 22.5 Å². The molecule has 0 aliphatic carbocycles. The number of benzene rings is 2. The summed E-state index contributed by atoms with van der Waals surface area (Å²) >= 11 is 11.4. The van der Waals surface area contributed by atoms with Crippen LogP contribution >= 0.6 is 23.8 Å². The van der Waals surface area contributed by atoms with E-state index in [9.17, 15) is 0 Å². The average molecular weight is 351 g/mol.